The largest absolute Gasteiger partial charge is 0.444 e. The Hall–Kier alpha value is -1.56. The number of hydrogen-bond donors (Lipinski definition) is 1. The fourth-order valence-corrected chi connectivity index (χ4v) is 2.28. The van der Waals surface area contributed by atoms with Crippen LogP contribution >= 0.6 is 15.9 Å². The lowest BCUT2D eigenvalue weighted by molar-refractivity contribution is 0.0636. The predicted molar refractivity (Wildman–Crippen MR) is 82.2 cm³/mol. The highest BCUT2D eigenvalue weighted by Gasteiger charge is 2.18. The van der Waals surface area contributed by atoms with Gasteiger partial charge in [0.05, 0.1) is 11.4 Å². The number of aryl methyl sites for hydroxylation is 2. The van der Waals surface area contributed by atoms with Crippen molar-refractivity contribution in [3.05, 3.63) is 28.1 Å². The summed E-state index contributed by atoms with van der Waals surface area (Å²) in [4.78, 5) is 16.4. The van der Waals surface area contributed by atoms with E-state index in [-0.39, 0.29) is 0 Å². The maximum absolute atomic E-state index is 11.9. The lowest BCUT2D eigenvalue weighted by Crippen LogP contribution is -2.27. The van der Waals surface area contributed by atoms with Crippen LogP contribution in [0.1, 0.15) is 32.2 Å². The van der Waals surface area contributed by atoms with Crippen LogP contribution in [0.3, 0.4) is 0 Å². The van der Waals surface area contributed by atoms with Crippen molar-refractivity contribution in [2.75, 3.05) is 5.32 Å². The molecule has 0 bridgehead atoms. The molecule has 20 heavy (non-hydrogen) atoms. The summed E-state index contributed by atoms with van der Waals surface area (Å²) in [7, 11) is 0. The van der Waals surface area contributed by atoms with Crippen molar-refractivity contribution in [2.45, 2.75) is 40.2 Å². The Morgan fingerprint density at radius 1 is 1.40 bits per heavy atom. The molecule has 0 unspecified atom stereocenters. The minimum atomic E-state index is -0.534. The van der Waals surface area contributed by atoms with E-state index < -0.39 is 11.7 Å². The normalized spacial score (nSPS) is 11.7. The summed E-state index contributed by atoms with van der Waals surface area (Å²) in [6.45, 7) is 9.40. The van der Waals surface area contributed by atoms with Gasteiger partial charge < -0.3 is 9.14 Å². The summed E-state index contributed by atoms with van der Waals surface area (Å²) < 4.78 is 8.06. The Morgan fingerprint density at radius 2 is 2.05 bits per heavy atom. The summed E-state index contributed by atoms with van der Waals surface area (Å²) in [6, 6.07) is 1.81. The third kappa shape index (κ3) is 3.12. The molecule has 2 aromatic rings. The van der Waals surface area contributed by atoms with Crippen LogP contribution in [0.5, 0.6) is 0 Å². The lowest BCUT2D eigenvalue weighted by atomic mass is 10.2. The van der Waals surface area contributed by atoms with Crippen LogP contribution in [-0.4, -0.2) is 21.1 Å². The molecule has 2 rings (SSSR count). The summed E-state index contributed by atoms with van der Waals surface area (Å²) >= 11 is 3.44. The molecule has 0 spiro atoms. The number of nitrogens with one attached hydrogen (secondary N) is 1. The van der Waals surface area contributed by atoms with Gasteiger partial charge in [0.25, 0.3) is 0 Å². The SMILES string of the molecule is Cc1nc2c(NC(=O)OC(C)(C)C)cc(Br)cn2c1C. The first kappa shape index (κ1) is 14.8. The molecule has 0 aromatic carbocycles. The zero-order valence-electron chi connectivity index (χ0n) is 12.2. The van der Waals surface area contributed by atoms with Crippen molar-refractivity contribution in [3.8, 4) is 0 Å². The molecule has 0 atom stereocenters. The molecular formula is C14H18BrN3O2. The number of rotatable bonds is 1. The fourth-order valence-electron chi connectivity index (χ4n) is 1.84. The second-order valence-corrected chi connectivity index (χ2v) is 6.59. The van der Waals surface area contributed by atoms with Crippen molar-refractivity contribution in [1.82, 2.24) is 9.38 Å². The van der Waals surface area contributed by atoms with Crippen LogP contribution < -0.4 is 5.32 Å². The monoisotopic (exact) mass is 339 g/mol. The number of carbonyl (C=O) groups is 1. The first-order chi connectivity index (χ1) is 9.17. The first-order valence-corrected chi connectivity index (χ1v) is 7.11. The Morgan fingerprint density at radius 3 is 2.65 bits per heavy atom. The maximum Gasteiger partial charge on any atom is 0.412 e. The average molecular weight is 340 g/mol. The molecule has 0 aliphatic rings. The summed E-state index contributed by atoms with van der Waals surface area (Å²) in [5.41, 5.74) is 2.75. The van der Waals surface area contributed by atoms with Crippen LogP contribution in [0.2, 0.25) is 0 Å². The molecule has 2 heterocycles. The molecule has 0 saturated carbocycles. The van der Waals surface area contributed by atoms with Gasteiger partial charge in [-0.1, -0.05) is 0 Å². The number of pyridine rings is 1. The number of hydrogen-bond acceptors (Lipinski definition) is 3. The smallest absolute Gasteiger partial charge is 0.412 e. The third-order valence-corrected chi connectivity index (χ3v) is 3.23. The molecular weight excluding hydrogens is 322 g/mol. The number of ether oxygens (including phenoxy) is 1. The molecule has 0 aliphatic carbocycles. The second kappa shape index (κ2) is 5.09. The summed E-state index contributed by atoms with van der Waals surface area (Å²) in [6.07, 6.45) is 1.43. The van der Waals surface area contributed by atoms with Gasteiger partial charge in [-0.15, -0.1) is 0 Å². The van der Waals surface area contributed by atoms with Crippen LogP contribution in [0.4, 0.5) is 10.5 Å². The molecule has 108 valence electrons. The van der Waals surface area contributed by atoms with Crippen molar-refractivity contribution in [2.24, 2.45) is 0 Å². The lowest BCUT2D eigenvalue weighted by Gasteiger charge is -2.19. The van der Waals surface area contributed by atoms with E-state index in [2.05, 4.69) is 26.2 Å². The number of fused-ring (bicyclic) bond motifs is 1. The molecule has 0 aliphatic heterocycles. The Balaban J connectivity index is 2.39. The molecule has 1 N–H and O–H groups in total. The van der Waals surface area contributed by atoms with Crippen molar-refractivity contribution in [1.29, 1.82) is 0 Å². The van der Waals surface area contributed by atoms with Crippen LogP contribution in [0.25, 0.3) is 5.65 Å². The number of amides is 1. The van der Waals surface area contributed by atoms with Gasteiger partial charge in [0, 0.05) is 16.4 Å². The van der Waals surface area contributed by atoms with Gasteiger partial charge in [0.15, 0.2) is 5.65 Å². The number of anilines is 1. The zero-order valence-corrected chi connectivity index (χ0v) is 13.8. The molecule has 2 aromatic heterocycles. The Labute approximate surface area is 126 Å². The topological polar surface area (TPSA) is 55.6 Å². The number of aromatic nitrogens is 2. The molecule has 0 saturated heterocycles. The zero-order chi connectivity index (χ0) is 15.1. The molecule has 0 radical (unpaired) electrons. The molecule has 5 nitrogen and oxygen atoms in total. The number of carbonyl (C=O) groups excluding carboxylic acids is 1. The fraction of sp³-hybridized carbons (Fsp3) is 0.429. The van der Waals surface area contributed by atoms with Crippen molar-refractivity contribution < 1.29 is 9.53 Å². The number of nitrogens with zero attached hydrogens (tertiary/aromatic N) is 2. The predicted octanol–water partition coefficient (Wildman–Crippen LogP) is 4.06. The van der Waals surface area contributed by atoms with Crippen molar-refractivity contribution >= 4 is 33.4 Å². The standard InChI is InChI=1S/C14H18BrN3O2/c1-8-9(2)18-7-10(15)6-11(12(18)16-8)17-13(19)20-14(3,4)5/h6-7H,1-5H3,(H,17,19). The van der Waals surface area contributed by atoms with Crippen LogP contribution in [0, 0.1) is 13.8 Å². The van der Waals surface area contributed by atoms with E-state index in [0.29, 0.717) is 11.3 Å². The van der Waals surface area contributed by atoms with Gasteiger partial charge in [0.1, 0.15) is 5.60 Å². The van der Waals surface area contributed by atoms with Gasteiger partial charge >= 0.3 is 6.09 Å². The minimum absolute atomic E-state index is 0.490. The van der Waals surface area contributed by atoms with E-state index in [1.54, 1.807) is 0 Å². The second-order valence-electron chi connectivity index (χ2n) is 5.68. The molecule has 0 fully saturated rings. The first-order valence-electron chi connectivity index (χ1n) is 6.32. The van der Waals surface area contributed by atoms with Gasteiger partial charge in [-0.3, -0.25) is 5.32 Å². The van der Waals surface area contributed by atoms with Gasteiger partial charge in [-0.25, -0.2) is 9.78 Å². The molecule has 6 heteroatoms. The highest BCUT2D eigenvalue weighted by molar-refractivity contribution is 9.10. The highest BCUT2D eigenvalue weighted by atomic mass is 79.9. The Bertz CT molecular complexity index is 671. The molecule has 1 amide bonds. The quantitative estimate of drug-likeness (QED) is 0.852. The minimum Gasteiger partial charge on any atom is -0.444 e. The van der Waals surface area contributed by atoms with E-state index in [0.717, 1.165) is 15.9 Å². The van der Waals surface area contributed by atoms with E-state index in [1.807, 2.05) is 51.3 Å². The number of halogens is 1. The van der Waals surface area contributed by atoms with E-state index in [4.69, 9.17) is 4.74 Å². The number of imidazole rings is 1. The third-order valence-electron chi connectivity index (χ3n) is 2.80. The highest BCUT2D eigenvalue weighted by Crippen LogP contribution is 2.25. The van der Waals surface area contributed by atoms with Gasteiger partial charge in [-0.05, 0) is 56.6 Å². The Kier molecular flexibility index (Phi) is 3.77. The van der Waals surface area contributed by atoms with Gasteiger partial charge in [-0.2, -0.15) is 0 Å². The van der Waals surface area contributed by atoms with E-state index in [9.17, 15) is 4.79 Å². The average Bonchev–Trinajstić information content (AvgIpc) is 2.54. The van der Waals surface area contributed by atoms with Gasteiger partial charge in [0.2, 0.25) is 0 Å². The summed E-state index contributed by atoms with van der Waals surface area (Å²) in [5, 5.41) is 2.75. The maximum atomic E-state index is 11.9. The van der Waals surface area contributed by atoms with Crippen LogP contribution in [-0.2, 0) is 4.74 Å². The van der Waals surface area contributed by atoms with Crippen LogP contribution in [0.15, 0.2) is 16.7 Å². The van der Waals surface area contributed by atoms with Crippen molar-refractivity contribution in [3.63, 3.8) is 0 Å². The van der Waals surface area contributed by atoms with E-state index >= 15 is 0 Å². The summed E-state index contributed by atoms with van der Waals surface area (Å²) in [5.74, 6) is 0. The van der Waals surface area contributed by atoms with E-state index in [1.165, 1.54) is 0 Å².